The molecule has 1 saturated carbocycles. The van der Waals surface area contributed by atoms with Gasteiger partial charge < -0.3 is 5.43 Å². The number of rotatable bonds is 3. The van der Waals surface area contributed by atoms with Gasteiger partial charge in [0.2, 0.25) is 0 Å². The minimum absolute atomic E-state index is 0.156. The summed E-state index contributed by atoms with van der Waals surface area (Å²) in [5, 5.41) is 0. The number of alkyl halides is 3. The molecule has 1 aliphatic carbocycles. The maximum absolute atomic E-state index is 11.9. The Morgan fingerprint density at radius 1 is 1.33 bits per heavy atom. The van der Waals surface area contributed by atoms with E-state index < -0.39 is 12.6 Å². The largest absolute Gasteiger partial charge is 0.389 e. The van der Waals surface area contributed by atoms with Gasteiger partial charge in [-0.1, -0.05) is 12.8 Å². The summed E-state index contributed by atoms with van der Waals surface area (Å²) in [6, 6.07) is 0.157. The zero-order valence-corrected chi connectivity index (χ0v) is 8.48. The molecule has 0 atom stereocenters. The van der Waals surface area contributed by atoms with E-state index in [-0.39, 0.29) is 18.3 Å². The molecule has 0 saturated heterocycles. The van der Waals surface area contributed by atoms with Gasteiger partial charge in [0.25, 0.3) is 0 Å². The van der Waals surface area contributed by atoms with Crippen molar-refractivity contribution in [2.24, 2.45) is 10.8 Å². The third-order valence-electron chi connectivity index (χ3n) is 2.47. The van der Waals surface area contributed by atoms with Crippen LogP contribution in [-0.2, 0) is 0 Å². The highest BCUT2D eigenvalue weighted by Gasteiger charge is 2.27. The van der Waals surface area contributed by atoms with E-state index in [1.54, 1.807) is 0 Å². The average Bonchev–Trinajstić information content (AvgIpc) is 2.63. The molecule has 0 aromatic rings. The second-order valence-electron chi connectivity index (χ2n) is 3.77. The van der Waals surface area contributed by atoms with Crippen LogP contribution in [0.2, 0.25) is 0 Å². The summed E-state index contributed by atoms with van der Waals surface area (Å²) < 4.78 is 35.8. The smallest absolute Gasteiger partial charge is 0.312 e. The van der Waals surface area contributed by atoms with Crippen molar-refractivity contribution in [2.75, 3.05) is 0 Å². The number of nitrogens with two attached hydrogens (primary N) is 1. The highest BCUT2D eigenvalue weighted by atomic mass is 19.4. The summed E-state index contributed by atoms with van der Waals surface area (Å²) >= 11 is 0. The van der Waals surface area contributed by atoms with E-state index in [2.05, 4.69) is 10.4 Å². The van der Waals surface area contributed by atoms with Crippen LogP contribution in [0.4, 0.5) is 13.2 Å². The van der Waals surface area contributed by atoms with E-state index in [1.807, 2.05) is 0 Å². The van der Waals surface area contributed by atoms with Crippen LogP contribution in [0.25, 0.3) is 0 Å². The van der Waals surface area contributed by atoms with Crippen molar-refractivity contribution in [3.05, 3.63) is 0 Å². The van der Waals surface area contributed by atoms with Crippen molar-refractivity contribution in [3.63, 3.8) is 0 Å². The molecule has 1 aliphatic rings. The minimum atomic E-state index is -4.15. The van der Waals surface area contributed by atoms with Crippen LogP contribution in [-0.4, -0.2) is 18.1 Å². The number of halogens is 3. The molecular formula is C9H16F3N3. The monoisotopic (exact) mass is 223 g/mol. The summed E-state index contributed by atoms with van der Waals surface area (Å²) in [5.41, 5.74) is 2.25. The third-order valence-corrected chi connectivity index (χ3v) is 2.47. The molecule has 0 amide bonds. The quantitative estimate of drug-likeness (QED) is 0.333. The first kappa shape index (κ1) is 12.3. The van der Waals surface area contributed by atoms with Gasteiger partial charge in [0.05, 0.1) is 12.5 Å². The molecule has 6 heteroatoms. The number of aliphatic imine (C=N–C) groups is 1. The van der Waals surface area contributed by atoms with Crippen molar-refractivity contribution in [3.8, 4) is 0 Å². The molecule has 1 rings (SSSR count). The second kappa shape index (κ2) is 5.34. The van der Waals surface area contributed by atoms with Gasteiger partial charge in [-0.15, -0.1) is 0 Å². The van der Waals surface area contributed by atoms with Crippen LogP contribution in [0, 0.1) is 0 Å². The lowest BCUT2D eigenvalue weighted by Gasteiger charge is -2.10. The highest BCUT2D eigenvalue weighted by molar-refractivity contribution is 5.81. The third kappa shape index (κ3) is 5.01. The van der Waals surface area contributed by atoms with E-state index >= 15 is 0 Å². The Morgan fingerprint density at radius 3 is 2.40 bits per heavy atom. The normalized spacial score (nSPS) is 19.6. The lowest BCUT2D eigenvalue weighted by Crippen LogP contribution is -2.32. The van der Waals surface area contributed by atoms with E-state index in [0.29, 0.717) is 0 Å². The van der Waals surface area contributed by atoms with Gasteiger partial charge in [0.1, 0.15) is 5.84 Å². The topological polar surface area (TPSA) is 50.4 Å². The lowest BCUT2D eigenvalue weighted by molar-refractivity contribution is -0.132. The molecule has 3 nitrogen and oxygen atoms in total. The predicted molar refractivity (Wildman–Crippen MR) is 52.3 cm³/mol. The molecular weight excluding hydrogens is 207 g/mol. The number of nitrogens with one attached hydrogen (secondary N) is 1. The minimum Gasteiger partial charge on any atom is -0.312 e. The summed E-state index contributed by atoms with van der Waals surface area (Å²) in [7, 11) is 0. The zero-order valence-electron chi connectivity index (χ0n) is 8.48. The first-order valence-electron chi connectivity index (χ1n) is 5.11. The predicted octanol–water partition coefficient (Wildman–Crippen LogP) is 2.13. The second-order valence-corrected chi connectivity index (χ2v) is 3.77. The van der Waals surface area contributed by atoms with E-state index in [4.69, 9.17) is 5.84 Å². The van der Waals surface area contributed by atoms with Gasteiger partial charge in [-0.25, -0.2) is 5.84 Å². The molecule has 0 bridgehead atoms. The van der Waals surface area contributed by atoms with Crippen LogP contribution >= 0.6 is 0 Å². The van der Waals surface area contributed by atoms with Crippen molar-refractivity contribution in [1.82, 2.24) is 5.43 Å². The first-order chi connectivity index (χ1) is 7.01. The SMILES string of the molecule is NNC(CCC(F)(F)F)=NC1CCCC1. The van der Waals surface area contributed by atoms with E-state index in [1.165, 1.54) is 0 Å². The molecule has 0 heterocycles. The molecule has 0 aliphatic heterocycles. The van der Waals surface area contributed by atoms with Gasteiger partial charge in [0.15, 0.2) is 0 Å². The summed E-state index contributed by atoms with van der Waals surface area (Å²) in [6.45, 7) is 0. The van der Waals surface area contributed by atoms with Crippen LogP contribution < -0.4 is 11.3 Å². The van der Waals surface area contributed by atoms with Gasteiger partial charge in [0, 0.05) is 6.42 Å². The van der Waals surface area contributed by atoms with Crippen molar-refractivity contribution in [1.29, 1.82) is 0 Å². The van der Waals surface area contributed by atoms with Crippen molar-refractivity contribution < 1.29 is 13.2 Å². The van der Waals surface area contributed by atoms with Crippen molar-refractivity contribution in [2.45, 2.75) is 50.7 Å². The molecule has 0 radical (unpaired) electrons. The molecule has 0 aromatic carbocycles. The zero-order chi connectivity index (χ0) is 11.3. The first-order valence-corrected chi connectivity index (χ1v) is 5.11. The number of hydrogen-bond acceptors (Lipinski definition) is 2. The summed E-state index contributed by atoms with van der Waals surface area (Å²) in [6.07, 6.45) is -1.06. The van der Waals surface area contributed by atoms with Crippen LogP contribution in [0.3, 0.4) is 0 Å². The van der Waals surface area contributed by atoms with Crippen LogP contribution in [0.15, 0.2) is 4.99 Å². The molecule has 3 N–H and O–H groups in total. The van der Waals surface area contributed by atoms with E-state index in [9.17, 15) is 13.2 Å². The van der Waals surface area contributed by atoms with Gasteiger partial charge in [-0.2, -0.15) is 13.2 Å². The standard InChI is InChI=1S/C9H16F3N3/c10-9(11,12)6-5-8(15-13)14-7-3-1-2-4-7/h7H,1-6,13H2,(H,14,15). The van der Waals surface area contributed by atoms with E-state index in [0.717, 1.165) is 25.7 Å². The Balaban J connectivity index is 2.40. The molecule has 0 unspecified atom stereocenters. The van der Waals surface area contributed by atoms with Gasteiger partial charge in [-0.05, 0) is 12.8 Å². The van der Waals surface area contributed by atoms with Crippen LogP contribution in [0.1, 0.15) is 38.5 Å². The maximum atomic E-state index is 11.9. The number of hydrogen-bond donors (Lipinski definition) is 2. The Kier molecular flexibility index (Phi) is 4.38. The average molecular weight is 223 g/mol. The Hall–Kier alpha value is -0.780. The van der Waals surface area contributed by atoms with Gasteiger partial charge in [-0.3, -0.25) is 4.99 Å². The molecule has 15 heavy (non-hydrogen) atoms. The van der Waals surface area contributed by atoms with Crippen molar-refractivity contribution >= 4 is 5.84 Å². The molecule has 1 fully saturated rings. The number of hydrazine groups is 1. The lowest BCUT2D eigenvalue weighted by atomic mass is 10.2. The summed E-state index contributed by atoms with van der Waals surface area (Å²) in [4.78, 5) is 4.18. The Morgan fingerprint density at radius 2 is 1.93 bits per heavy atom. The highest BCUT2D eigenvalue weighted by Crippen LogP contribution is 2.23. The van der Waals surface area contributed by atoms with Crippen LogP contribution in [0.5, 0.6) is 0 Å². The number of nitrogens with zero attached hydrogens (tertiary/aromatic N) is 1. The molecule has 0 aromatic heterocycles. The maximum Gasteiger partial charge on any atom is 0.389 e. The fourth-order valence-electron chi connectivity index (χ4n) is 1.69. The Bertz CT molecular complexity index is 219. The van der Waals surface area contributed by atoms with Gasteiger partial charge >= 0.3 is 6.18 Å². The number of amidine groups is 1. The summed E-state index contributed by atoms with van der Waals surface area (Å²) in [5.74, 6) is 5.40. The fourth-order valence-corrected chi connectivity index (χ4v) is 1.69. The Labute approximate surface area is 86.9 Å². The fraction of sp³-hybridized carbons (Fsp3) is 0.889. The molecule has 88 valence electrons. The molecule has 0 spiro atoms.